The summed E-state index contributed by atoms with van der Waals surface area (Å²) in [5.74, 6) is 0.378. The summed E-state index contributed by atoms with van der Waals surface area (Å²) >= 11 is 1.51. The molecule has 3 N–H and O–H groups in total. The van der Waals surface area contributed by atoms with E-state index < -0.39 is 0 Å². The molecule has 1 saturated carbocycles. The highest BCUT2D eigenvalue weighted by molar-refractivity contribution is 7.20. The van der Waals surface area contributed by atoms with Crippen LogP contribution in [0.5, 0.6) is 0 Å². The van der Waals surface area contributed by atoms with Crippen LogP contribution in [0.25, 0.3) is 10.1 Å². The monoisotopic (exact) mass is 288 g/mol. The van der Waals surface area contributed by atoms with Crippen LogP contribution < -0.4 is 11.1 Å². The van der Waals surface area contributed by atoms with E-state index in [2.05, 4.69) is 5.32 Å². The summed E-state index contributed by atoms with van der Waals surface area (Å²) in [4.78, 5) is 13.1. The molecule has 4 nitrogen and oxygen atoms in total. The number of benzene rings is 1. The molecule has 1 aliphatic heterocycles. The minimum Gasteiger partial charge on any atom is -0.376 e. The number of amides is 1. The van der Waals surface area contributed by atoms with Crippen molar-refractivity contribution in [2.24, 2.45) is 11.7 Å². The maximum absolute atomic E-state index is 12.3. The van der Waals surface area contributed by atoms with Crippen molar-refractivity contribution >= 4 is 27.3 Å². The van der Waals surface area contributed by atoms with E-state index in [1.807, 2.05) is 30.3 Å². The number of carbonyl (C=O) groups is 1. The van der Waals surface area contributed by atoms with E-state index in [0.717, 1.165) is 28.0 Å². The molecule has 1 amide bonds. The highest BCUT2D eigenvalue weighted by atomic mass is 32.1. The van der Waals surface area contributed by atoms with E-state index in [1.165, 1.54) is 11.3 Å². The average Bonchev–Trinajstić information content (AvgIpc) is 3.08. The number of hydrogen-bond acceptors (Lipinski definition) is 4. The highest BCUT2D eigenvalue weighted by Crippen LogP contribution is 2.38. The van der Waals surface area contributed by atoms with E-state index in [9.17, 15) is 4.79 Å². The number of ether oxygens (including phenoxy) is 1. The number of nitrogens with two attached hydrogens (primary N) is 1. The third-order valence-electron chi connectivity index (χ3n) is 4.39. The second-order valence-electron chi connectivity index (χ2n) is 5.51. The summed E-state index contributed by atoms with van der Waals surface area (Å²) in [5.41, 5.74) is 6.12. The minimum absolute atomic E-state index is 0.0285. The van der Waals surface area contributed by atoms with Gasteiger partial charge in [-0.05, 0) is 23.9 Å². The molecule has 4 unspecified atom stereocenters. The van der Waals surface area contributed by atoms with Gasteiger partial charge in [0.15, 0.2) is 0 Å². The number of hydrogen-bond donors (Lipinski definition) is 2. The summed E-state index contributed by atoms with van der Waals surface area (Å²) in [6.45, 7) is 0.762. The van der Waals surface area contributed by atoms with Crippen LogP contribution in [-0.4, -0.2) is 30.7 Å². The molecule has 1 aliphatic carbocycles. The van der Waals surface area contributed by atoms with Crippen molar-refractivity contribution in [2.45, 2.75) is 24.6 Å². The quantitative estimate of drug-likeness (QED) is 0.885. The first kappa shape index (κ1) is 12.3. The van der Waals surface area contributed by atoms with Gasteiger partial charge in [-0.25, -0.2) is 0 Å². The number of nitrogens with one attached hydrogen (secondary N) is 1. The Morgan fingerprint density at radius 1 is 1.40 bits per heavy atom. The molecular formula is C15H16N2O2S. The molecule has 1 aromatic carbocycles. The average molecular weight is 288 g/mol. The summed E-state index contributed by atoms with van der Waals surface area (Å²) in [6.07, 6.45) is 1.13. The normalized spacial score (nSPS) is 31.9. The topological polar surface area (TPSA) is 64.3 Å². The zero-order valence-electron chi connectivity index (χ0n) is 10.9. The first-order chi connectivity index (χ1) is 9.74. The lowest BCUT2D eigenvalue weighted by Gasteiger charge is -2.45. The smallest absolute Gasteiger partial charge is 0.261 e. The van der Waals surface area contributed by atoms with Gasteiger partial charge in [-0.15, -0.1) is 11.3 Å². The Hall–Kier alpha value is -1.43. The van der Waals surface area contributed by atoms with Gasteiger partial charge in [0.25, 0.3) is 5.91 Å². The molecule has 4 atom stereocenters. The zero-order chi connectivity index (χ0) is 13.7. The maximum atomic E-state index is 12.3. The third-order valence-corrected chi connectivity index (χ3v) is 5.51. The van der Waals surface area contributed by atoms with Crippen molar-refractivity contribution in [1.82, 2.24) is 5.32 Å². The summed E-state index contributed by atoms with van der Waals surface area (Å²) in [5, 5.41) is 4.14. The molecule has 4 rings (SSSR count). The number of rotatable bonds is 2. The molecule has 2 aliphatic rings. The molecule has 2 fully saturated rings. The Labute approximate surface area is 120 Å². The van der Waals surface area contributed by atoms with E-state index in [-0.39, 0.29) is 24.1 Å². The number of thiophene rings is 1. The molecule has 0 radical (unpaired) electrons. The lowest BCUT2D eigenvalue weighted by Crippen LogP contribution is -2.68. The van der Waals surface area contributed by atoms with Crippen molar-refractivity contribution in [3.63, 3.8) is 0 Å². The fraction of sp³-hybridized carbons (Fsp3) is 0.400. The SMILES string of the molecule is NC1C2CCOC2C1NC(=O)c1cc2ccccc2s1. The van der Waals surface area contributed by atoms with Gasteiger partial charge < -0.3 is 15.8 Å². The standard InChI is InChI=1S/C15H16N2O2S/c16-12-9-5-6-19-14(9)13(12)17-15(18)11-7-8-3-1-2-4-10(8)20-11/h1-4,7,9,12-14H,5-6,16H2,(H,17,18). The van der Waals surface area contributed by atoms with Crippen molar-refractivity contribution in [2.75, 3.05) is 6.61 Å². The van der Waals surface area contributed by atoms with Gasteiger partial charge >= 0.3 is 0 Å². The lowest BCUT2D eigenvalue weighted by molar-refractivity contribution is -0.0160. The van der Waals surface area contributed by atoms with E-state index >= 15 is 0 Å². The van der Waals surface area contributed by atoms with Crippen LogP contribution in [0.3, 0.4) is 0 Å². The van der Waals surface area contributed by atoms with Crippen LogP contribution in [0.1, 0.15) is 16.1 Å². The third kappa shape index (κ3) is 1.78. The van der Waals surface area contributed by atoms with Gasteiger partial charge in [-0.2, -0.15) is 0 Å². The summed E-state index contributed by atoms with van der Waals surface area (Å²) in [6, 6.07) is 9.94. The highest BCUT2D eigenvalue weighted by Gasteiger charge is 2.52. The Kier molecular flexibility index (Phi) is 2.80. The van der Waals surface area contributed by atoms with Crippen LogP contribution in [0.2, 0.25) is 0 Å². The molecule has 0 spiro atoms. The number of carbonyl (C=O) groups excluding carboxylic acids is 1. The molecule has 2 aromatic rings. The molecule has 2 heterocycles. The van der Waals surface area contributed by atoms with Crippen molar-refractivity contribution in [3.8, 4) is 0 Å². The second kappa shape index (κ2) is 4.55. The predicted octanol–water partition coefficient (Wildman–Crippen LogP) is 1.75. The molecular weight excluding hydrogens is 272 g/mol. The van der Waals surface area contributed by atoms with Gasteiger partial charge in [-0.3, -0.25) is 4.79 Å². The molecule has 5 heteroatoms. The molecule has 20 heavy (non-hydrogen) atoms. The first-order valence-corrected chi connectivity index (χ1v) is 7.72. The lowest BCUT2D eigenvalue weighted by atomic mass is 9.72. The Morgan fingerprint density at radius 3 is 3.10 bits per heavy atom. The van der Waals surface area contributed by atoms with Gasteiger partial charge in [0.2, 0.25) is 0 Å². The molecule has 1 saturated heterocycles. The maximum Gasteiger partial charge on any atom is 0.261 e. The fourth-order valence-corrected chi connectivity index (χ4v) is 4.21. The molecule has 104 valence electrons. The largest absolute Gasteiger partial charge is 0.376 e. The Balaban J connectivity index is 1.53. The Bertz CT molecular complexity index is 636. The van der Waals surface area contributed by atoms with Gasteiger partial charge in [0.05, 0.1) is 17.0 Å². The minimum atomic E-state index is -0.0415. The van der Waals surface area contributed by atoms with E-state index in [1.54, 1.807) is 0 Å². The zero-order valence-corrected chi connectivity index (χ0v) is 11.7. The van der Waals surface area contributed by atoms with Gasteiger partial charge in [-0.1, -0.05) is 18.2 Å². The van der Waals surface area contributed by atoms with E-state index in [0.29, 0.717) is 5.92 Å². The number of fused-ring (bicyclic) bond motifs is 2. The molecule has 1 aromatic heterocycles. The van der Waals surface area contributed by atoms with Gasteiger partial charge in [0, 0.05) is 23.3 Å². The second-order valence-corrected chi connectivity index (χ2v) is 6.60. The summed E-state index contributed by atoms with van der Waals surface area (Å²) < 4.78 is 6.77. The first-order valence-electron chi connectivity index (χ1n) is 6.91. The van der Waals surface area contributed by atoms with Crippen molar-refractivity contribution in [3.05, 3.63) is 35.2 Å². The Morgan fingerprint density at radius 2 is 2.25 bits per heavy atom. The van der Waals surface area contributed by atoms with Crippen molar-refractivity contribution in [1.29, 1.82) is 0 Å². The van der Waals surface area contributed by atoms with Crippen LogP contribution in [0, 0.1) is 5.92 Å². The van der Waals surface area contributed by atoms with Crippen LogP contribution in [-0.2, 0) is 4.74 Å². The van der Waals surface area contributed by atoms with Crippen LogP contribution >= 0.6 is 11.3 Å². The predicted molar refractivity (Wildman–Crippen MR) is 78.9 cm³/mol. The van der Waals surface area contributed by atoms with Gasteiger partial charge in [0.1, 0.15) is 0 Å². The summed E-state index contributed by atoms with van der Waals surface area (Å²) in [7, 11) is 0. The van der Waals surface area contributed by atoms with Crippen LogP contribution in [0.4, 0.5) is 0 Å². The molecule has 0 bridgehead atoms. The van der Waals surface area contributed by atoms with E-state index in [4.69, 9.17) is 10.5 Å². The van der Waals surface area contributed by atoms with Crippen LogP contribution in [0.15, 0.2) is 30.3 Å². The van der Waals surface area contributed by atoms with Crippen molar-refractivity contribution < 1.29 is 9.53 Å². The fourth-order valence-electron chi connectivity index (χ4n) is 3.24.